The molecule has 0 radical (unpaired) electrons. The van der Waals surface area contributed by atoms with Crippen LogP contribution in [0.25, 0.3) is 20.7 Å². The number of halogens is 1. The second-order valence-corrected chi connectivity index (χ2v) is 8.67. The molecular weight excluding hydrogens is 398 g/mol. The highest BCUT2D eigenvalue weighted by molar-refractivity contribution is 7.18. The standard InChI is InChI=1S/C20H18ClN3OS2/c1-11(13-5-3-6-14(21)9-13)22-12(2)18-23-19(25)17-15(10-27-20(17)24-18)16-7-4-8-26-16/h3-12,22H,1-2H3,(H,23,24,25)/t11-,12-/m1/s1. The number of nitrogens with zero attached hydrogens (tertiary/aromatic N) is 1. The lowest BCUT2D eigenvalue weighted by Gasteiger charge is -2.20. The molecule has 2 N–H and O–H groups in total. The van der Waals surface area contributed by atoms with Gasteiger partial charge < -0.3 is 10.3 Å². The molecule has 3 aromatic heterocycles. The van der Waals surface area contributed by atoms with Gasteiger partial charge >= 0.3 is 0 Å². The predicted molar refractivity (Wildman–Crippen MR) is 115 cm³/mol. The van der Waals surface area contributed by atoms with Gasteiger partial charge in [0.05, 0.1) is 11.4 Å². The fourth-order valence-electron chi connectivity index (χ4n) is 3.11. The number of aromatic nitrogens is 2. The largest absolute Gasteiger partial charge is 0.309 e. The first-order chi connectivity index (χ1) is 13.0. The molecule has 138 valence electrons. The van der Waals surface area contributed by atoms with Gasteiger partial charge in [-0.25, -0.2) is 4.98 Å². The van der Waals surface area contributed by atoms with Crippen LogP contribution in [0.1, 0.15) is 37.3 Å². The van der Waals surface area contributed by atoms with Crippen molar-refractivity contribution < 1.29 is 0 Å². The summed E-state index contributed by atoms with van der Waals surface area (Å²) in [7, 11) is 0. The highest BCUT2D eigenvalue weighted by atomic mass is 35.5. The van der Waals surface area contributed by atoms with Crippen molar-refractivity contribution in [1.82, 2.24) is 15.3 Å². The van der Waals surface area contributed by atoms with Crippen molar-refractivity contribution in [2.45, 2.75) is 25.9 Å². The molecule has 0 bridgehead atoms. The molecule has 4 rings (SSSR count). The highest BCUT2D eigenvalue weighted by Crippen LogP contribution is 2.33. The molecule has 27 heavy (non-hydrogen) atoms. The summed E-state index contributed by atoms with van der Waals surface area (Å²) in [6.07, 6.45) is 0. The lowest BCUT2D eigenvalue weighted by atomic mass is 10.1. The molecule has 0 fully saturated rings. The summed E-state index contributed by atoms with van der Waals surface area (Å²) in [5, 5.41) is 8.88. The van der Waals surface area contributed by atoms with Gasteiger partial charge in [0.2, 0.25) is 0 Å². The molecule has 1 aromatic carbocycles. The fraction of sp³-hybridized carbons (Fsp3) is 0.200. The Morgan fingerprint density at radius 3 is 2.74 bits per heavy atom. The molecule has 0 spiro atoms. The average molecular weight is 416 g/mol. The third kappa shape index (κ3) is 3.71. The van der Waals surface area contributed by atoms with Crippen molar-refractivity contribution in [3.8, 4) is 10.4 Å². The van der Waals surface area contributed by atoms with Gasteiger partial charge in [-0.05, 0) is 43.0 Å². The lowest BCUT2D eigenvalue weighted by molar-refractivity contribution is 0.477. The molecule has 4 aromatic rings. The van der Waals surface area contributed by atoms with Crippen LogP contribution in [0.3, 0.4) is 0 Å². The summed E-state index contributed by atoms with van der Waals surface area (Å²) in [5.74, 6) is 0.640. The Balaban J connectivity index is 1.63. The molecule has 0 saturated heterocycles. The minimum absolute atomic E-state index is 0.0738. The lowest BCUT2D eigenvalue weighted by Crippen LogP contribution is -2.26. The smallest absolute Gasteiger partial charge is 0.260 e. The molecule has 0 aliphatic heterocycles. The van der Waals surface area contributed by atoms with E-state index in [9.17, 15) is 4.79 Å². The van der Waals surface area contributed by atoms with E-state index in [1.807, 2.05) is 54.1 Å². The third-order valence-corrected chi connectivity index (χ3v) is 6.52. The Labute approximate surface area is 169 Å². The molecule has 0 amide bonds. The van der Waals surface area contributed by atoms with Crippen molar-refractivity contribution in [2.75, 3.05) is 0 Å². The minimum Gasteiger partial charge on any atom is -0.309 e. The van der Waals surface area contributed by atoms with Crippen LogP contribution in [-0.2, 0) is 0 Å². The maximum atomic E-state index is 12.8. The number of fused-ring (bicyclic) bond motifs is 1. The maximum Gasteiger partial charge on any atom is 0.260 e. The Morgan fingerprint density at radius 1 is 1.15 bits per heavy atom. The number of thiophene rings is 2. The van der Waals surface area contributed by atoms with E-state index in [1.54, 1.807) is 11.3 Å². The number of aromatic amines is 1. The zero-order valence-electron chi connectivity index (χ0n) is 14.8. The van der Waals surface area contributed by atoms with Crippen molar-refractivity contribution in [3.63, 3.8) is 0 Å². The molecule has 0 aliphatic rings. The first kappa shape index (κ1) is 18.4. The topological polar surface area (TPSA) is 57.8 Å². The second kappa shape index (κ2) is 7.56. The summed E-state index contributed by atoms with van der Waals surface area (Å²) in [6, 6.07) is 11.7. The van der Waals surface area contributed by atoms with Crippen LogP contribution in [0.4, 0.5) is 0 Å². The van der Waals surface area contributed by atoms with Gasteiger partial charge in [0.25, 0.3) is 5.56 Å². The maximum absolute atomic E-state index is 12.8. The van der Waals surface area contributed by atoms with Gasteiger partial charge in [-0.1, -0.05) is 29.8 Å². The summed E-state index contributed by atoms with van der Waals surface area (Å²) < 4.78 is 0. The average Bonchev–Trinajstić information content (AvgIpc) is 3.31. The Morgan fingerprint density at radius 2 is 2.00 bits per heavy atom. The first-order valence-electron chi connectivity index (χ1n) is 8.59. The molecule has 3 heterocycles. The number of benzene rings is 1. The van der Waals surface area contributed by atoms with Crippen LogP contribution in [-0.4, -0.2) is 9.97 Å². The third-order valence-electron chi connectivity index (χ3n) is 4.51. The van der Waals surface area contributed by atoms with Crippen LogP contribution in [0.5, 0.6) is 0 Å². The van der Waals surface area contributed by atoms with Gasteiger partial charge in [0.1, 0.15) is 10.7 Å². The van der Waals surface area contributed by atoms with Gasteiger partial charge in [-0.2, -0.15) is 0 Å². The number of H-pyrrole nitrogens is 1. The van der Waals surface area contributed by atoms with E-state index in [0.29, 0.717) is 16.2 Å². The normalized spacial score (nSPS) is 13.7. The van der Waals surface area contributed by atoms with Crippen LogP contribution >= 0.6 is 34.3 Å². The number of hydrogen-bond donors (Lipinski definition) is 2. The van der Waals surface area contributed by atoms with Crippen LogP contribution < -0.4 is 10.9 Å². The summed E-state index contributed by atoms with van der Waals surface area (Å²) >= 11 is 9.22. The quantitative estimate of drug-likeness (QED) is 0.434. The zero-order chi connectivity index (χ0) is 19.0. The van der Waals surface area contributed by atoms with Crippen molar-refractivity contribution in [2.24, 2.45) is 0 Å². The van der Waals surface area contributed by atoms with E-state index in [-0.39, 0.29) is 17.6 Å². The fourth-order valence-corrected chi connectivity index (χ4v) is 5.08. The van der Waals surface area contributed by atoms with E-state index >= 15 is 0 Å². The number of rotatable bonds is 5. The van der Waals surface area contributed by atoms with E-state index in [0.717, 1.165) is 20.8 Å². The van der Waals surface area contributed by atoms with E-state index in [4.69, 9.17) is 16.6 Å². The molecule has 2 atom stereocenters. The predicted octanol–water partition coefficient (Wildman–Crippen LogP) is 5.78. The zero-order valence-corrected chi connectivity index (χ0v) is 17.2. The van der Waals surface area contributed by atoms with E-state index in [2.05, 4.69) is 17.2 Å². The van der Waals surface area contributed by atoms with Gasteiger partial charge in [0, 0.05) is 26.9 Å². The van der Waals surface area contributed by atoms with Crippen molar-refractivity contribution in [3.05, 3.63) is 73.9 Å². The highest BCUT2D eigenvalue weighted by Gasteiger charge is 2.18. The van der Waals surface area contributed by atoms with Gasteiger partial charge in [0.15, 0.2) is 0 Å². The molecule has 0 aliphatic carbocycles. The van der Waals surface area contributed by atoms with Crippen molar-refractivity contribution >= 4 is 44.5 Å². The van der Waals surface area contributed by atoms with Crippen LogP contribution in [0.2, 0.25) is 5.02 Å². The summed E-state index contributed by atoms with van der Waals surface area (Å²) in [6.45, 7) is 4.07. The molecule has 7 heteroatoms. The van der Waals surface area contributed by atoms with Crippen LogP contribution in [0, 0.1) is 0 Å². The van der Waals surface area contributed by atoms with Gasteiger partial charge in [-0.15, -0.1) is 22.7 Å². The first-order valence-corrected chi connectivity index (χ1v) is 10.7. The molecule has 4 nitrogen and oxygen atoms in total. The number of nitrogens with one attached hydrogen (secondary N) is 2. The molecular formula is C20H18ClN3OS2. The second-order valence-electron chi connectivity index (χ2n) is 6.42. The molecule has 0 saturated carbocycles. The number of hydrogen-bond acceptors (Lipinski definition) is 5. The Hall–Kier alpha value is -1.99. The Kier molecular flexibility index (Phi) is 5.14. The van der Waals surface area contributed by atoms with E-state index < -0.39 is 0 Å². The summed E-state index contributed by atoms with van der Waals surface area (Å²) in [5.41, 5.74) is 1.95. The molecule has 0 unspecified atom stereocenters. The van der Waals surface area contributed by atoms with Crippen LogP contribution in [0.15, 0.2) is 52.0 Å². The van der Waals surface area contributed by atoms with E-state index in [1.165, 1.54) is 11.3 Å². The van der Waals surface area contributed by atoms with Crippen molar-refractivity contribution in [1.29, 1.82) is 0 Å². The Bertz CT molecular complexity index is 1130. The van der Waals surface area contributed by atoms with Gasteiger partial charge in [-0.3, -0.25) is 4.79 Å². The summed E-state index contributed by atoms with van der Waals surface area (Å²) in [4.78, 5) is 22.3. The minimum atomic E-state index is -0.108. The monoisotopic (exact) mass is 415 g/mol. The SMILES string of the molecule is C[C@@H](N[C@H](C)c1nc2scc(-c3cccs3)c2c(=O)[nH]1)c1cccc(Cl)c1.